The minimum atomic E-state index is -3.46. The molecule has 1 saturated heterocycles. The number of rotatable bonds is 4. The summed E-state index contributed by atoms with van der Waals surface area (Å²) in [6.07, 6.45) is 1.80. The molecule has 1 unspecified atom stereocenters. The van der Waals surface area contributed by atoms with Crippen LogP contribution in [0.1, 0.15) is 24.6 Å². The zero-order valence-electron chi connectivity index (χ0n) is 11.0. The Balaban J connectivity index is 2.07. The second-order valence-electron chi connectivity index (χ2n) is 4.71. The molecule has 1 aromatic heterocycles. The Labute approximate surface area is 117 Å². The predicted molar refractivity (Wildman–Crippen MR) is 74.7 cm³/mol. The molecule has 0 aromatic carbocycles. The third kappa shape index (κ3) is 3.34. The number of carbonyl (C=O) groups excluding carboxylic acids is 1. The average Bonchev–Trinajstić information content (AvgIpc) is 2.83. The van der Waals surface area contributed by atoms with Crippen molar-refractivity contribution in [2.45, 2.75) is 36.4 Å². The SMILES string of the molecule is CCc1ccc(S(=O)(=O)NC2CCC(=O)N(C)C2)s1. The maximum atomic E-state index is 12.2. The van der Waals surface area contributed by atoms with Crippen LogP contribution in [-0.4, -0.2) is 38.9 Å². The molecular weight excluding hydrogens is 284 g/mol. The number of nitrogens with one attached hydrogen (secondary N) is 1. The van der Waals surface area contributed by atoms with Gasteiger partial charge in [-0.25, -0.2) is 13.1 Å². The van der Waals surface area contributed by atoms with Crippen molar-refractivity contribution >= 4 is 27.3 Å². The van der Waals surface area contributed by atoms with Crippen LogP contribution in [0.2, 0.25) is 0 Å². The predicted octanol–water partition coefficient (Wildman–Crippen LogP) is 1.21. The zero-order chi connectivity index (χ0) is 14.0. The van der Waals surface area contributed by atoms with Crippen LogP contribution in [0.15, 0.2) is 16.3 Å². The fourth-order valence-corrected chi connectivity index (χ4v) is 4.65. The lowest BCUT2D eigenvalue weighted by atomic mass is 10.1. The van der Waals surface area contributed by atoms with Crippen LogP contribution in [0.3, 0.4) is 0 Å². The lowest BCUT2D eigenvalue weighted by Gasteiger charge is -2.29. The number of thiophene rings is 1. The molecule has 0 aliphatic carbocycles. The summed E-state index contributed by atoms with van der Waals surface area (Å²) in [5.74, 6) is 0.0693. The van der Waals surface area contributed by atoms with Gasteiger partial charge in [0.2, 0.25) is 15.9 Å². The highest BCUT2D eigenvalue weighted by atomic mass is 32.2. The first-order valence-electron chi connectivity index (χ1n) is 6.27. The topological polar surface area (TPSA) is 66.5 Å². The molecule has 5 nitrogen and oxygen atoms in total. The summed E-state index contributed by atoms with van der Waals surface area (Å²) in [6.45, 7) is 2.43. The summed E-state index contributed by atoms with van der Waals surface area (Å²) < 4.78 is 27.5. The highest BCUT2D eigenvalue weighted by Gasteiger charge is 2.27. The Morgan fingerprint density at radius 1 is 1.47 bits per heavy atom. The highest BCUT2D eigenvalue weighted by molar-refractivity contribution is 7.91. The minimum absolute atomic E-state index is 0.0693. The third-order valence-electron chi connectivity index (χ3n) is 3.20. The Morgan fingerprint density at radius 3 is 2.79 bits per heavy atom. The monoisotopic (exact) mass is 302 g/mol. The van der Waals surface area contributed by atoms with E-state index in [1.54, 1.807) is 18.0 Å². The van der Waals surface area contributed by atoms with Gasteiger partial charge in [0.05, 0.1) is 0 Å². The number of nitrogens with zero attached hydrogens (tertiary/aromatic N) is 1. The fraction of sp³-hybridized carbons (Fsp3) is 0.583. The molecule has 2 rings (SSSR count). The van der Waals surface area contributed by atoms with Crippen LogP contribution >= 0.6 is 11.3 Å². The Bertz CT molecular complexity index is 565. The quantitative estimate of drug-likeness (QED) is 0.909. The van der Waals surface area contributed by atoms with E-state index in [2.05, 4.69) is 4.72 Å². The van der Waals surface area contributed by atoms with Crippen LogP contribution in [0.25, 0.3) is 0 Å². The average molecular weight is 302 g/mol. The number of piperidine rings is 1. The number of aryl methyl sites for hydroxylation is 1. The maximum Gasteiger partial charge on any atom is 0.250 e. The zero-order valence-corrected chi connectivity index (χ0v) is 12.7. The summed E-state index contributed by atoms with van der Waals surface area (Å²) in [7, 11) is -1.76. The number of hydrogen-bond donors (Lipinski definition) is 1. The van der Waals surface area contributed by atoms with Crippen molar-refractivity contribution in [1.29, 1.82) is 0 Å². The van der Waals surface area contributed by atoms with E-state index in [0.29, 0.717) is 23.6 Å². The van der Waals surface area contributed by atoms with Crippen LogP contribution in [0, 0.1) is 0 Å². The molecule has 1 aromatic rings. The first-order valence-corrected chi connectivity index (χ1v) is 8.57. The summed E-state index contributed by atoms with van der Waals surface area (Å²) >= 11 is 1.30. The van der Waals surface area contributed by atoms with E-state index in [4.69, 9.17) is 0 Å². The molecular formula is C12H18N2O3S2. The molecule has 0 bridgehead atoms. The molecule has 2 heterocycles. The normalized spacial score (nSPS) is 20.8. The van der Waals surface area contributed by atoms with E-state index >= 15 is 0 Å². The van der Waals surface area contributed by atoms with Gasteiger partial charge in [-0.15, -0.1) is 11.3 Å². The van der Waals surface area contributed by atoms with Gasteiger partial charge in [0, 0.05) is 30.9 Å². The summed E-state index contributed by atoms with van der Waals surface area (Å²) in [5.41, 5.74) is 0. The van der Waals surface area contributed by atoms with Gasteiger partial charge in [-0.05, 0) is 25.0 Å². The number of hydrogen-bond acceptors (Lipinski definition) is 4. The molecule has 7 heteroatoms. The summed E-state index contributed by atoms with van der Waals surface area (Å²) in [5, 5.41) is 0. The number of likely N-dealkylation sites (N-methyl/N-ethyl adjacent to an activating group) is 1. The van der Waals surface area contributed by atoms with Crippen LogP contribution in [-0.2, 0) is 21.2 Å². The van der Waals surface area contributed by atoms with E-state index in [1.807, 2.05) is 13.0 Å². The first kappa shape index (κ1) is 14.5. The molecule has 19 heavy (non-hydrogen) atoms. The van der Waals surface area contributed by atoms with Crippen molar-refractivity contribution < 1.29 is 13.2 Å². The van der Waals surface area contributed by atoms with Gasteiger partial charge < -0.3 is 4.90 Å². The van der Waals surface area contributed by atoms with Gasteiger partial charge in [0.15, 0.2) is 0 Å². The van der Waals surface area contributed by atoms with Gasteiger partial charge in [0.25, 0.3) is 0 Å². The van der Waals surface area contributed by atoms with Crippen LogP contribution in [0.4, 0.5) is 0 Å². The molecule has 1 N–H and O–H groups in total. The molecule has 0 radical (unpaired) electrons. The summed E-state index contributed by atoms with van der Waals surface area (Å²) in [4.78, 5) is 14.0. The standard InChI is InChI=1S/C12H18N2O3S2/c1-3-10-5-7-12(18-10)19(16,17)13-9-4-6-11(15)14(2)8-9/h5,7,9,13H,3-4,6,8H2,1-2H3. The van der Waals surface area contributed by atoms with E-state index < -0.39 is 10.0 Å². The molecule has 106 valence electrons. The van der Waals surface area contributed by atoms with Crippen LogP contribution in [0.5, 0.6) is 0 Å². The second kappa shape index (κ2) is 5.60. The number of sulfonamides is 1. The molecule has 1 aliphatic rings. The first-order chi connectivity index (χ1) is 8.92. The van der Waals surface area contributed by atoms with E-state index in [-0.39, 0.29) is 11.9 Å². The number of carbonyl (C=O) groups is 1. The van der Waals surface area contributed by atoms with Gasteiger partial charge in [-0.1, -0.05) is 6.92 Å². The molecule has 1 aliphatic heterocycles. The minimum Gasteiger partial charge on any atom is -0.344 e. The Kier molecular flexibility index (Phi) is 4.27. The van der Waals surface area contributed by atoms with E-state index in [9.17, 15) is 13.2 Å². The maximum absolute atomic E-state index is 12.2. The summed E-state index contributed by atoms with van der Waals surface area (Å²) in [6, 6.07) is 3.29. The van der Waals surface area contributed by atoms with Gasteiger partial charge in [-0.3, -0.25) is 4.79 Å². The lowest BCUT2D eigenvalue weighted by Crippen LogP contribution is -2.48. The number of amides is 1. The van der Waals surface area contributed by atoms with Crippen molar-refractivity contribution in [3.05, 3.63) is 17.0 Å². The lowest BCUT2D eigenvalue weighted by molar-refractivity contribution is -0.132. The molecule has 1 atom stereocenters. The Morgan fingerprint density at radius 2 is 2.21 bits per heavy atom. The molecule has 0 saturated carbocycles. The highest BCUT2D eigenvalue weighted by Crippen LogP contribution is 2.23. The van der Waals surface area contributed by atoms with Crippen molar-refractivity contribution in [1.82, 2.24) is 9.62 Å². The molecule has 1 amide bonds. The largest absolute Gasteiger partial charge is 0.344 e. The second-order valence-corrected chi connectivity index (χ2v) is 7.81. The fourth-order valence-electron chi connectivity index (χ4n) is 2.08. The van der Waals surface area contributed by atoms with Gasteiger partial charge >= 0.3 is 0 Å². The van der Waals surface area contributed by atoms with Crippen molar-refractivity contribution in [2.24, 2.45) is 0 Å². The van der Waals surface area contributed by atoms with Crippen molar-refractivity contribution in [2.75, 3.05) is 13.6 Å². The van der Waals surface area contributed by atoms with Crippen molar-refractivity contribution in [3.8, 4) is 0 Å². The van der Waals surface area contributed by atoms with Crippen LogP contribution < -0.4 is 4.72 Å². The molecule has 0 spiro atoms. The van der Waals surface area contributed by atoms with Gasteiger partial charge in [-0.2, -0.15) is 0 Å². The third-order valence-corrected chi connectivity index (χ3v) is 6.44. The van der Waals surface area contributed by atoms with E-state index in [0.717, 1.165) is 11.3 Å². The van der Waals surface area contributed by atoms with Crippen molar-refractivity contribution in [3.63, 3.8) is 0 Å². The molecule has 1 fully saturated rings. The Hall–Kier alpha value is -0.920. The van der Waals surface area contributed by atoms with E-state index in [1.165, 1.54) is 11.3 Å². The van der Waals surface area contributed by atoms with Gasteiger partial charge in [0.1, 0.15) is 4.21 Å². The smallest absolute Gasteiger partial charge is 0.250 e. The number of likely N-dealkylation sites (tertiary alicyclic amines) is 1.